The van der Waals surface area contributed by atoms with Gasteiger partial charge in [0.15, 0.2) is 11.5 Å². The minimum absolute atomic E-state index is 0.0620. The lowest BCUT2D eigenvalue weighted by molar-refractivity contribution is 0.0880. The summed E-state index contributed by atoms with van der Waals surface area (Å²) in [4.78, 5) is 12.1. The fourth-order valence-electron chi connectivity index (χ4n) is 2.67. The third kappa shape index (κ3) is 5.00. The van der Waals surface area contributed by atoms with Gasteiger partial charge in [-0.3, -0.25) is 4.79 Å². The molecular weight excluding hydrogens is 328 g/mol. The zero-order valence-corrected chi connectivity index (χ0v) is 15.2. The molecule has 0 aliphatic heterocycles. The highest BCUT2D eigenvalue weighted by atomic mass is 16.5. The van der Waals surface area contributed by atoms with Gasteiger partial charge >= 0.3 is 0 Å². The number of rotatable bonds is 8. The molecule has 0 radical (unpaired) electrons. The summed E-state index contributed by atoms with van der Waals surface area (Å²) in [7, 11) is 0. The Morgan fingerprint density at radius 1 is 1.12 bits per heavy atom. The summed E-state index contributed by atoms with van der Waals surface area (Å²) in [6.45, 7) is 4.54. The van der Waals surface area contributed by atoms with Crippen LogP contribution in [0, 0.1) is 0 Å². The van der Waals surface area contributed by atoms with Crippen molar-refractivity contribution in [3.8, 4) is 0 Å². The van der Waals surface area contributed by atoms with Gasteiger partial charge in [-0.1, -0.05) is 41.6 Å². The number of carbonyl (C=O) groups excluding carboxylic acids is 1. The van der Waals surface area contributed by atoms with Gasteiger partial charge in [-0.25, -0.2) is 0 Å². The Balaban J connectivity index is 1.52. The van der Waals surface area contributed by atoms with Gasteiger partial charge in [-0.05, 0) is 42.7 Å². The van der Waals surface area contributed by atoms with Crippen molar-refractivity contribution in [3.63, 3.8) is 0 Å². The molecule has 0 aliphatic rings. The lowest BCUT2D eigenvalue weighted by Gasteiger charge is -2.16. The van der Waals surface area contributed by atoms with E-state index in [1.165, 1.54) is 10.8 Å². The van der Waals surface area contributed by atoms with Crippen LogP contribution in [0.5, 0.6) is 0 Å². The Kier molecular flexibility index (Phi) is 5.49. The highest BCUT2D eigenvalue weighted by Gasteiger charge is 2.17. The number of ketones is 1. The molecule has 2 N–H and O–H groups in total. The van der Waals surface area contributed by atoms with Crippen molar-refractivity contribution < 1.29 is 14.1 Å². The van der Waals surface area contributed by atoms with Crippen molar-refractivity contribution in [1.29, 1.82) is 0 Å². The maximum Gasteiger partial charge on any atom is 0.184 e. The number of hydrogen-bond donors (Lipinski definition) is 1. The average Bonchev–Trinajstić information content (AvgIpc) is 3.08. The van der Waals surface area contributed by atoms with Crippen LogP contribution in [-0.4, -0.2) is 16.5 Å². The van der Waals surface area contributed by atoms with E-state index in [0.717, 1.165) is 5.56 Å². The lowest BCUT2D eigenvalue weighted by atomic mass is 9.97. The lowest BCUT2D eigenvalue weighted by Crippen LogP contribution is -2.32. The third-order valence-electron chi connectivity index (χ3n) is 4.17. The van der Waals surface area contributed by atoms with Gasteiger partial charge in [0.1, 0.15) is 12.3 Å². The van der Waals surface area contributed by atoms with E-state index in [1.807, 2.05) is 32.0 Å². The van der Waals surface area contributed by atoms with E-state index in [1.54, 1.807) is 6.07 Å². The van der Waals surface area contributed by atoms with Crippen LogP contribution >= 0.6 is 0 Å². The van der Waals surface area contributed by atoms with Crippen molar-refractivity contribution in [1.82, 2.24) is 5.16 Å². The van der Waals surface area contributed by atoms with E-state index in [4.69, 9.17) is 15.0 Å². The van der Waals surface area contributed by atoms with Crippen LogP contribution in [0.2, 0.25) is 0 Å². The van der Waals surface area contributed by atoms with Gasteiger partial charge in [0.05, 0.1) is 6.61 Å². The Hall–Kier alpha value is -2.50. The zero-order chi connectivity index (χ0) is 18.6. The molecule has 0 bridgehead atoms. The van der Waals surface area contributed by atoms with Crippen molar-refractivity contribution >= 4 is 16.6 Å². The highest BCUT2D eigenvalue weighted by molar-refractivity contribution is 5.94. The fraction of sp³-hybridized carbons (Fsp3) is 0.333. The average molecular weight is 352 g/mol. The number of nitrogens with two attached hydrogens (primary N) is 1. The number of fused-ring (bicyclic) bond motifs is 1. The number of ether oxygens (including phenoxy) is 1. The number of benzene rings is 2. The molecule has 0 saturated carbocycles. The van der Waals surface area contributed by atoms with Crippen LogP contribution < -0.4 is 5.73 Å². The molecular formula is C21H24N2O3. The van der Waals surface area contributed by atoms with E-state index in [-0.39, 0.29) is 17.9 Å². The summed E-state index contributed by atoms with van der Waals surface area (Å²) in [5.74, 6) is 0.481. The van der Waals surface area contributed by atoms with Gasteiger partial charge in [-0.15, -0.1) is 0 Å². The molecule has 5 heteroatoms. The van der Waals surface area contributed by atoms with Crippen molar-refractivity contribution in [3.05, 3.63) is 65.5 Å². The largest absolute Gasteiger partial charge is 0.369 e. The van der Waals surface area contributed by atoms with Crippen LogP contribution in [0.15, 0.2) is 53.1 Å². The summed E-state index contributed by atoms with van der Waals surface area (Å²) < 4.78 is 10.9. The number of nitrogens with zero attached hydrogens (tertiary/aromatic N) is 1. The SMILES string of the molecule is CC(C)(N)CCC(=O)c1cc(COCc2ccc3ccccc3c2)on1. The highest BCUT2D eigenvalue weighted by Crippen LogP contribution is 2.17. The second kappa shape index (κ2) is 7.81. The van der Waals surface area contributed by atoms with Crippen LogP contribution in [0.1, 0.15) is 48.5 Å². The molecule has 5 nitrogen and oxygen atoms in total. The number of carbonyl (C=O) groups is 1. The normalized spacial score (nSPS) is 11.8. The molecule has 1 aromatic heterocycles. The number of hydrogen-bond acceptors (Lipinski definition) is 5. The van der Waals surface area contributed by atoms with Gasteiger partial charge in [0.2, 0.25) is 0 Å². The van der Waals surface area contributed by atoms with E-state index >= 15 is 0 Å². The molecule has 0 spiro atoms. The summed E-state index contributed by atoms with van der Waals surface area (Å²) in [6.07, 6.45) is 0.958. The first-order chi connectivity index (χ1) is 12.4. The standard InChI is InChI=1S/C21H24N2O3/c1-21(2,22)10-9-20(24)19-12-18(26-23-19)14-25-13-15-7-8-16-5-3-4-6-17(16)11-15/h3-8,11-12H,9-10,13-14,22H2,1-2H3. The maximum atomic E-state index is 12.1. The molecule has 0 aliphatic carbocycles. The van der Waals surface area contributed by atoms with E-state index in [2.05, 4.69) is 29.4 Å². The van der Waals surface area contributed by atoms with E-state index in [0.29, 0.717) is 30.9 Å². The second-order valence-corrected chi connectivity index (χ2v) is 7.26. The van der Waals surface area contributed by atoms with Crippen LogP contribution in [0.25, 0.3) is 10.8 Å². The Bertz CT molecular complexity index is 893. The molecule has 0 unspecified atom stereocenters. The topological polar surface area (TPSA) is 78.4 Å². The smallest absolute Gasteiger partial charge is 0.184 e. The molecule has 136 valence electrons. The first-order valence-electron chi connectivity index (χ1n) is 8.74. The fourth-order valence-corrected chi connectivity index (χ4v) is 2.67. The molecule has 0 saturated heterocycles. The van der Waals surface area contributed by atoms with Crippen molar-refractivity contribution in [2.24, 2.45) is 5.73 Å². The minimum atomic E-state index is -0.370. The predicted molar refractivity (Wildman–Crippen MR) is 101 cm³/mol. The summed E-state index contributed by atoms with van der Waals surface area (Å²) in [5.41, 5.74) is 6.96. The molecule has 1 heterocycles. The van der Waals surface area contributed by atoms with Gasteiger partial charge in [-0.2, -0.15) is 0 Å². The van der Waals surface area contributed by atoms with Crippen LogP contribution in [-0.2, 0) is 18.0 Å². The maximum absolute atomic E-state index is 12.1. The van der Waals surface area contributed by atoms with Crippen molar-refractivity contribution in [2.75, 3.05) is 0 Å². The van der Waals surface area contributed by atoms with E-state index in [9.17, 15) is 4.79 Å². The Morgan fingerprint density at radius 2 is 1.88 bits per heavy atom. The monoisotopic (exact) mass is 352 g/mol. The van der Waals surface area contributed by atoms with Gasteiger partial charge < -0.3 is 15.0 Å². The first kappa shape index (κ1) is 18.3. The summed E-state index contributed by atoms with van der Waals surface area (Å²) >= 11 is 0. The third-order valence-corrected chi connectivity index (χ3v) is 4.17. The number of aromatic nitrogens is 1. The summed E-state index contributed by atoms with van der Waals surface area (Å²) in [6, 6.07) is 16.1. The molecule has 0 fully saturated rings. The number of Topliss-reactive ketones (excluding diaryl/α,β-unsaturated/α-hetero) is 1. The van der Waals surface area contributed by atoms with Crippen molar-refractivity contribution in [2.45, 2.75) is 45.4 Å². The summed E-state index contributed by atoms with van der Waals surface area (Å²) in [5, 5.41) is 6.23. The Labute approximate surface area is 153 Å². The van der Waals surface area contributed by atoms with Crippen LogP contribution in [0.3, 0.4) is 0 Å². The van der Waals surface area contributed by atoms with Gasteiger partial charge in [0.25, 0.3) is 0 Å². The Morgan fingerprint density at radius 3 is 2.65 bits per heavy atom. The van der Waals surface area contributed by atoms with Crippen LogP contribution in [0.4, 0.5) is 0 Å². The minimum Gasteiger partial charge on any atom is -0.369 e. The molecule has 0 amide bonds. The zero-order valence-electron chi connectivity index (χ0n) is 15.2. The quantitative estimate of drug-likeness (QED) is 0.613. The molecule has 3 rings (SSSR count). The molecule has 0 atom stereocenters. The molecule has 3 aromatic rings. The molecule has 2 aromatic carbocycles. The molecule has 26 heavy (non-hydrogen) atoms. The van der Waals surface area contributed by atoms with Gasteiger partial charge in [0, 0.05) is 18.0 Å². The van der Waals surface area contributed by atoms with E-state index < -0.39 is 0 Å². The first-order valence-corrected chi connectivity index (χ1v) is 8.74. The second-order valence-electron chi connectivity index (χ2n) is 7.26. The predicted octanol–water partition coefficient (Wildman–Crippen LogP) is 4.24.